The van der Waals surface area contributed by atoms with Gasteiger partial charge in [0.2, 0.25) is 0 Å². The van der Waals surface area contributed by atoms with Gasteiger partial charge in [-0.1, -0.05) is 0 Å². The molecule has 0 amide bonds. The van der Waals surface area contributed by atoms with Crippen LogP contribution in [0.2, 0.25) is 0 Å². The fourth-order valence-corrected chi connectivity index (χ4v) is 1.02. The summed E-state index contributed by atoms with van der Waals surface area (Å²) in [7, 11) is 0. The lowest BCUT2D eigenvalue weighted by molar-refractivity contribution is -0.261. The molecule has 0 aromatic heterocycles. The number of hydrogen-bond acceptors (Lipinski definition) is 4. The van der Waals surface area contributed by atoms with Gasteiger partial charge in [0.05, 0.1) is 6.61 Å². The Bertz CT molecular complexity index is 132. The summed E-state index contributed by atoms with van der Waals surface area (Å²) in [6, 6.07) is 0.0438. The predicted octanol–water partition coefficient (Wildman–Crippen LogP) is -0.195. The molecule has 0 aromatic carbocycles. The smallest absolute Gasteiger partial charge is 0.162 e. The average Bonchev–Trinajstić information content (AvgIpc) is 2.10. The average molecular weight is 161 g/mol. The molecule has 4 heteroatoms. The Morgan fingerprint density at radius 2 is 2.27 bits per heavy atom. The fourth-order valence-electron chi connectivity index (χ4n) is 1.02. The number of rotatable bonds is 2. The number of aliphatic hydroxyl groups is 1. The minimum absolute atomic E-state index is 0.0438. The molecule has 2 atom stereocenters. The van der Waals surface area contributed by atoms with Gasteiger partial charge in [0.1, 0.15) is 0 Å². The third kappa shape index (κ3) is 3.16. The number of nitrogens with two attached hydrogens (primary N) is 1. The first-order chi connectivity index (χ1) is 4.97. The Labute approximate surface area is 66.3 Å². The molecule has 66 valence electrons. The molecule has 1 rings (SSSR count). The van der Waals surface area contributed by atoms with Gasteiger partial charge in [0, 0.05) is 12.5 Å². The zero-order valence-corrected chi connectivity index (χ0v) is 6.91. The summed E-state index contributed by atoms with van der Waals surface area (Å²) >= 11 is 0. The molecule has 3 N–H and O–H groups in total. The molecule has 1 aliphatic rings. The lowest BCUT2D eigenvalue weighted by Crippen LogP contribution is -2.30. The molecule has 1 heterocycles. The molecule has 1 aliphatic heterocycles. The van der Waals surface area contributed by atoms with Gasteiger partial charge in [-0.15, -0.1) is 0 Å². The topological polar surface area (TPSA) is 64.7 Å². The van der Waals surface area contributed by atoms with E-state index in [0.717, 1.165) is 0 Å². The van der Waals surface area contributed by atoms with E-state index in [1.54, 1.807) is 13.8 Å². The Morgan fingerprint density at radius 1 is 1.64 bits per heavy atom. The van der Waals surface area contributed by atoms with Crippen LogP contribution in [0.1, 0.15) is 20.3 Å². The van der Waals surface area contributed by atoms with Gasteiger partial charge in [-0.05, 0) is 13.8 Å². The van der Waals surface area contributed by atoms with Crippen molar-refractivity contribution in [2.75, 3.05) is 6.61 Å². The minimum atomic E-state index is -1.13. The fraction of sp³-hybridized carbons (Fsp3) is 1.00. The second-order valence-electron chi connectivity index (χ2n) is 3.32. The monoisotopic (exact) mass is 161 g/mol. The number of ether oxygens (including phenoxy) is 2. The second-order valence-corrected chi connectivity index (χ2v) is 3.32. The van der Waals surface area contributed by atoms with Crippen molar-refractivity contribution in [2.45, 2.75) is 38.4 Å². The molecule has 4 nitrogen and oxygen atoms in total. The summed E-state index contributed by atoms with van der Waals surface area (Å²) in [6.07, 6.45) is 0.314. The van der Waals surface area contributed by atoms with Crippen molar-refractivity contribution in [3.8, 4) is 0 Å². The highest BCUT2D eigenvalue weighted by Gasteiger charge is 2.28. The highest BCUT2D eigenvalue weighted by atomic mass is 16.7. The maximum atomic E-state index is 9.22. The van der Waals surface area contributed by atoms with E-state index < -0.39 is 5.79 Å². The molecule has 11 heavy (non-hydrogen) atoms. The van der Waals surface area contributed by atoms with Crippen LogP contribution in [0.25, 0.3) is 0 Å². The van der Waals surface area contributed by atoms with Crippen molar-refractivity contribution in [3.05, 3.63) is 0 Å². The van der Waals surface area contributed by atoms with Crippen molar-refractivity contribution >= 4 is 0 Å². The zero-order chi connectivity index (χ0) is 8.48. The van der Waals surface area contributed by atoms with Crippen molar-refractivity contribution in [2.24, 2.45) is 5.73 Å². The van der Waals surface area contributed by atoms with Crippen molar-refractivity contribution in [3.63, 3.8) is 0 Å². The van der Waals surface area contributed by atoms with Gasteiger partial charge in [-0.2, -0.15) is 0 Å². The van der Waals surface area contributed by atoms with Crippen LogP contribution in [0.5, 0.6) is 0 Å². The third-order valence-corrected chi connectivity index (χ3v) is 1.41. The van der Waals surface area contributed by atoms with Gasteiger partial charge in [-0.25, -0.2) is 0 Å². The van der Waals surface area contributed by atoms with Crippen LogP contribution in [0.3, 0.4) is 0 Å². The molecule has 0 unspecified atom stereocenters. The first kappa shape index (κ1) is 8.93. The molecule has 1 saturated heterocycles. The predicted molar refractivity (Wildman–Crippen MR) is 39.7 cm³/mol. The van der Waals surface area contributed by atoms with E-state index in [9.17, 15) is 5.11 Å². The summed E-state index contributed by atoms with van der Waals surface area (Å²) in [4.78, 5) is 0. The van der Waals surface area contributed by atoms with Gasteiger partial charge in [0.15, 0.2) is 12.1 Å². The van der Waals surface area contributed by atoms with Gasteiger partial charge in [0.25, 0.3) is 0 Å². The lowest BCUT2D eigenvalue weighted by Gasteiger charge is -2.22. The lowest BCUT2D eigenvalue weighted by atomic mass is 10.3. The van der Waals surface area contributed by atoms with Crippen molar-refractivity contribution < 1.29 is 14.6 Å². The molecule has 0 aliphatic carbocycles. The molecule has 0 radical (unpaired) electrons. The highest BCUT2D eigenvalue weighted by Crippen LogP contribution is 2.17. The van der Waals surface area contributed by atoms with E-state index in [1.165, 1.54) is 0 Å². The third-order valence-electron chi connectivity index (χ3n) is 1.41. The standard InChI is InChI=1S/C7H15NO3/c1-7(2,9)11-6-3-5(8)4-10-6/h5-6,9H,3-4,8H2,1-2H3/t5-,6+/m0/s1. The maximum Gasteiger partial charge on any atom is 0.162 e. The zero-order valence-electron chi connectivity index (χ0n) is 6.91. The van der Waals surface area contributed by atoms with Crippen LogP contribution in [0, 0.1) is 0 Å². The minimum Gasteiger partial charge on any atom is -0.366 e. The van der Waals surface area contributed by atoms with Crippen LogP contribution >= 0.6 is 0 Å². The SMILES string of the molecule is CC(C)(O)O[C@@H]1C[C@H](N)CO1. The maximum absolute atomic E-state index is 9.22. The Kier molecular flexibility index (Phi) is 2.49. The summed E-state index contributed by atoms with van der Waals surface area (Å²) < 4.78 is 10.3. The van der Waals surface area contributed by atoms with Gasteiger partial charge < -0.3 is 20.3 Å². The largest absolute Gasteiger partial charge is 0.366 e. The molecule has 0 bridgehead atoms. The van der Waals surface area contributed by atoms with Gasteiger partial charge in [-0.3, -0.25) is 0 Å². The molecular formula is C7H15NO3. The number of hydrogen-bond donors (Lipinski definition) is 2. The van der Waals surface area contributed by atoms with Crippen LogP contribution in [0.4, 0.5) is 0 Å². The first-order valence-corrected chi connectivity index (χ1v) is 3.75. The van der Waals surface area contributed by atoms with Crippen LogP contribution in [0.15, 0.2) is 0 Å². The first-order valence-electron chi connectivity index (χ1n) is 3.75. The van der Waals surface area contributed by atoms with E-state index >= 15 is 0 Å². The molecular weight excluding hydrogens is 146 g/mol. The Hall–Kier alpha value is -0.160. The second kappa shape index (κ2) is 3.06. The van der Waals surface area contributed by atoms with E-state index in [1.807, 2.05) is 0 Å². The van der Waals surface area contributed by atoms with Crippen molar-refractivity contribution in [1.29, 1.82) is 0 Å². The van der Waals surface area contributed by atoms with Crippen LogP contribution < -0.4 is 5.73 Å². The Balaban J connectivity index is 2.29. The van der Waals surface area contributed by atoms with E-state index in [2.05, 4.69) is 0 Å². The van der Waals surface area contributed by atoms with E-state index in [0.29, 0.717) is 13.0 Å². The molecule has 0 aromatic rings. The molecule has 1 fully saturated rings. The van der Waals surface area contributed by atoms with E-state index in [-0.39, 0.29) is 12.3 Å². The molecule has 0 spiro atoms. The Morgan fingerprint density at radius 3 is 2.64 bits per heavy atom. The quantitative estimate of drug-likeness (QED) is 0.551. The van der Waals surface area contributed by atoms with Crippen LogP contribution in [-0.2, 0) is 9.47 Å². The van der Waals surface area contributed by atoms with Crippen LogP contribution in [-0.4, -0.2) is 29.8 Å². The van der Waals surface area contributed by atoms with E-state index in [4.69, 9.17) is 15.2 Å². The normalized spacial score (nSPS) is 32.7. The summed E-state index contributed by atoms with van der Waals surface area (Å²) in [5, 5.41) is 9.22. The summed E-state index contributed by atoms with van der Waals surface area (Å²) in [5.41, 5.74) is 5.56. The van der Waals surface area contributed by atoms with Crippen molar-refractivity contribution in [1.82, 2.24) is 0 Å². The van der Waals surface area contributed by atoms with Gasteiger partial charge >= 0.3 is 0 Å². The molecule has 0 saturated carbocycles. The summed E-state index contributed by atoms with van der Waals surface area (Å²) in [5.74, 6) is -1.13. The summed E-state index contributed by atoms with van der Waals surface area (Å²) in [6.45, 7) is 3.65. The highest BCUT2D eigenvalue weighted by molar-refractivity contribution is 4.70.